The number of imidazole rings is 1. The SMILES string of the molecule is Cc1cc2c(-c3nc(N4CCOCC4)c4nc(CN5CCC(C(C)(C)O)CC5)n(C)c4n3)cncc2n1Sc1ccccc1. The molecule has 2 aliphatic heterocycles. The molecule has 0 radical (unpaired) electrons. The number of hydrogen-bond acceptors (Lipinski definition) is 9. The fraction of sp³-hybridized carbons (Fsp3) is 0.455. The lowest BCUT2D eigenvalue weighted by Gasteiger charge is -2.37. The van der Waals surface area contributed by atoms with Crippen LogP contribution in [0.3, 0.4) is 0 Å². The normalized spacial score (nSPS) is 17.2. The van der Waals surface area contributed by atoms with Crippen molar-refractivity contribution in [1.29, 1.82) is 0 Å². The molecule has 10 nitrogen and oxygen atoms in total. The van der Waals surface area contributed by atoms with Crippen LogP contribution in [-0.4, -0.2) is 83.5 Å². The third-order valence-electron chi connectivity index (χ3n) is 9.09. The number of pyridine rings is 1. The van der Waals surface area contributed by atoms with Crippen LogP contribution in [0, 0.1) is 12.8 Å². The number of anilines is 1. The highest BCUT2D eigenvalue weighted by molar-refractivity contribution is 7.98. The van der Waals surface area contributed by atoms with Crippen molar-refractivity contribution in [2.24, 2.45) is 13.0 Å². The van der Waals surface area contributed by atoms with E-state index in [1.165, 1.54) is 0 Å². The largest absolute Gasteiger partial charge is 0.390 e. The summed E-state index contributed by atoms with van der Waals surface area (Å²) in [7, 11) is 2.06. The Bertz CT molecular complexity index is 1780. The molecule has 0 unspecified atom stereocenters. The van der Waals surface area contributed by atoms with Crippen LogP contribution < -0.4 is 4.90 Å². The number of fused-ring (bicyclic) bond motifs is 2. The van der Waals surface area contributed by atoms with Gasteiger partial charge in [-0.05, 0) is 82.8 Å². The molecule has 230 valence electrons. The third kappa shape index (κ3) is 5.58. The maximum atomic E-state index is 10.5. The second kappa shape index (κ2) is 11.8. The molecule has 0 spiro atoms. The van der Waals surface area contributed by atoms with Gasteiger partial charge in [-0.2, -0.15) is 0 Å². The topological polar surface area (TPSA) is 97.4 Å². The Morgan fingerprint density at radius 2 is 1.75 bits per heavy atom. The molecule has 6 heterocycles. The summed E-state index contributed by atoms with van der Waals surface area (Å²) < 4.78 is 10.0. The minimum absolute atomic E-state index is 0.321. The predicted molar refractivity (Wildman–Crippen MR) is 175 cm³/mol. The molecule has 1 aromatic carbocycles. The van der Waals surface area contributed by atoms with Crippen molar-refractivity contribution in [3.63, 3.8) is 0 Å². The lowest BCUT2D eigenvalue weighted by molar-refractivity contribution is -0.0139. The molecular formula is C33H40N8O2S. The zero-order chi connectivity index (χ0) is 30.4. The highest BCUT2D eigenvalue weighted by Gasteiger charge is 2.31. The maximum Gasteiger partial charge on any atom is 0.166 e. The molecular weight excluding hydrogens is 572 g/mol. The van der Waals surface area contributed by atoms with Crippen molar-refractivity contribution in [3.8, 4) is 11.4 Å². The minimum Gasteiger partial charge on any atom is -0.390 e. The summed E-state index contributed by atoms with van der Waals surface area (Å²) in [5.41, 5.74) is 4.09. The molecule has 0 amide bonds. The van der Waals surface area contributed by atoms with Crippen molar-refractivity contribution >= 4 is 39.8 Å². The second-order valence-corrected chi connectivity index (χ2v) is 13.6. The van der Waals surface area contributed by atoms with Crippen molar-refractivity contribution in [3.05, 3.63) is 60.3 Å². The van der Waals surface area contributed by atoms with Crippen molar-refractivity contribution < 1.29 is 9.84 Å². The van der Waals surface area contributed by atoms with Gasteiger partial charge < -0.3 is 19.3 Å². The van der Waals surface area contributed by atoms with Gasteiger partial charge in [0.25, 0.3) is 0 Å². The van der Waals surface area contributed by atoms with E-state index in [-0.39, 0.29) is 0 Å². The van der Waals surface area contributed by atoms with Gasteiger partial charge in [0.05, 0.1) is 37.1 Å². The molecule has 1 N–H and O–H groups in total. The van der Waals surface area contributed by atoms with Crippen LogP contribution in [0.5, 0.6) is 0 Å². The van der Waals surface area contributed by atoms with Crippen LogP contribution in [0.4, 0.5) is 5.82 Å². The van der Waals surface area contributed by atoms with Crippen LogP contribution in [0.2, 0.25) is 0 Å². The molecule has 2 aliphatic rings. The van der Waals surface area contributed by atoms with Crippen LogP contribution in [0.15, 0.2) is 53.7 Å². The summed E-state index contributed by atoms with van der Waals surface area (Å²) in [5, 5.41) is 11.6. The number of morpholine rings is 1. The first-order valence-electron chi connectivity index (χ1n) is 15.5. The van der Waals surface area contributed by atoms with E-state index in [4.69, 9.17) is 19.7 Å². The fourth-order valence-corrected chi connectivity index (χ4v) is 7.39. The second-order valence-electron chi connectivity index (χ2n) is 12.5. The van der Waals surface area contributed by atoms with Crippen LogP contribution >= 0.6 is 11.9 Å². The van der Waals surface area contributed by atoms with Gasteiger partial charge in [0, 0.05) is 47.9 Å². The van der Waals surface area contributed by atoms with E-state index >= 15 is 0 Å². The molecule has 11 heteroatoms. The van der Waals surface area contributed by atoms with Crippen LogP contribution in [-0.2, 0) is 18.3 Å². The number of aliphatic hydroxyl groups is 1. The quantitative estimate of drug-likeness (QED) is 0.270. The zero-order valence-electron chi connectivity index (χ0n) is 25.9. The number of aryl methyl sites for hydroxylation is 2. The summed E-state index contributed by atoms with van der Waals surface area (Å²) in [4.78, 5) is 26.0. The highest BCUT2D eigenvalue weighted by Crippen LogP contribution is 2.36. The van der Waals surface area contributed by atoms with E-state index in [1.807, 2.05) is 32.3 Å². The number of nitrogens with zero attached hydrogens (tertiary/aromatic N) is 8. The van der Waals surface area contributed by atoms with Gasteiger partial charge in [-0.15, -0.1) is 0 Å². The first kappa shape index (κ1) is 29.2. The Labute approximate surface area is 262 Å². The van der Waals surface area contributed by atoms with Crippen LogP contribution in [0.1, 0.15) is 38.2 Å². The summed E-state index contributed by atoms with van der Waals surface area (Å²) in [6.07, 6.45) is 5.77. The first-order chi connectivity index (χ1) is 21.3. The Morgan fingerprint density at radius 3 is 2.48 bits per heavy atom. The first-order valence-corrected chi connectivity index (χ1v) is 16.2. The van der Waals surface area contributed by atoms with Gasteiger partial charge in [0.1, 0.15) is 5.82 Å². The van der Waals surface area contributed by atoms with Crippen LogP contribution in [0.25, 0.3) is 33.5 Å². The van der Waals surface area contributed by atoms with Gasteiger partial charge in [0.15, 0.2) is 22.8 Å². The Kier molecular flexibility index (Phi) is 7.82. The highest BCUT2D eigenvalue weighted by atomic mass is 32.2. The van der Waals surface area contributed by atoms with E-state index in [2.05, 4.69) is 67.6 Å². The summed E-state index contributed by atoms with van der Waals surface area (Å²) in [5.74, 6) is 2.80. The Morgan fingerprint density at radius 1 is 1.00 bits per heavy atom. The lowest BCUT2D eigenvalue weighted by atomic mass is 9.83. The fourth-order valence-electron chi connectivity index (χ4n) is 6.46. The molecule has 7 rings (SSSR count). The smallest absolute Gasteiger partial charge is 0.166 e. The lowest BCUT2D eigenvalue weighted by Crippen LogP contribution is -2.41. The average Bonchev–Trinajstić information content (AvgIpc) is 3.52. The molecule has 0 saturated carbocycles. The molecule has 2 saturated heterocycles. The van der Waals surface area contributed by atoms with Gasteiger partial charge in [0.2, 0.25) is 0 Å². The zero-order valence-corrected chi connectivity index (χ0v) is 26.7. The number of likely N-dealkylation sites (tertiary alicyclic amines) is 1. The monoisotopic (exact) mass is 612 g/mol. The minimum atomic E-state index is -0.638. The Hall–Kier alpha value is -3.51. The molecule has 5 aromatic rings. The number of piperidine rings is 1. The van der Waals surface area contributed by atoms with Gasteiger partial charge in [-0.25, -0.2) is 15.0 Å². The molecule has 0 bridgehead atoms. The van der Waals surface area contributed by atoms with E-state index in [0.29, 0.717) is 25.0 Å². The van der Waals surface area contributed by atoms with E-state index in [1.54, 1.807) is 11.9 Å². The maximum absolute atomic E-state index is 10.5. The molecule has 44 heavy (non-hydrogen) atoms. The summed E-state index contributed by atoms with van der Waals surface area (Å²) >= 11 is 1.69. The number of ether oxygens (including phenoxy) is 1. The van der Waals surface area contributed by atoms with Gasteiger partial charge in [-0.3, -0.25) is 13.9 Å². The number of rotatable bonds is 7. The van der Waals surface area contributed by atoms with Crippen molar-refractivity contribution in [2.45, 2.75) is 50.7 Å². The summed E-state index contributed by atoms with van der Waals surface area (Å²) in [6.45, 7) is 11.4. The van der Waals surface area contributed by atoms with Gasteiger partial charge >= 0.3 is 0 Å². The number of hydrogen-bond donors (Lipinski definition) is 1. The van der Waals surface area contributed by atoms with Gasteiger partial charge in [-0.1, -0.05) is 18.2 Å². The van der Waals surface area contributed by atoms with Crippen molar-refractivity contribution in [1.82, 2.24) is 33.4 Å². The number of benzene rings is 1. The van der Waals surface area contributed by atoms with E-state index in [0.717, 1.165) is 95.4 Å². The van der Waals surface area contributed by atoms with Crippen molar-refractivity contribution in [2.75, 3.05) is 44.3 Å². The number of aromatic nitrogens is 6. The standard InChI is InChI=1S/C33H40N8O2S/c1-22-18-25-26(19-34-20-27(25)41(22)44-24-8-6-5-7-9-24)30-36-31-29(32(37-30)40-14-16-43-17-15-40)35-28(38(31)4)21-39-12-10-23(11-13-39)33(2,3)42/h5-9,18-20,23,42H,10-17,21H2,1-4H3. The molecule has 0 atom stereocenters. The van der Waals surface area contributed by atoms with E-state index < -0.39 is 5.60 Å². The predicted octanol–water partition coefficient (Wildman–Crippen LogP) is 5.06. The third-order valence-corrected chi connectivity index (χ3v) is 10.2. The summed E-state index contributed by atoms with van der Waals surface area (Å²) in [6, 6.07) is 12.6. The average molecular weight is 613 g/mol. The molecule has 4 aromatic heterocycles. The molecule has 2 fully saturated rings. The molecule has 0 aliphatic carbocycles. The Balaban J connectivity index is 1.28. The van der Waals surface area contributed by atoms with E-state index in [9.17, 15) is 5.11 Å².